The zero-order valence-electron chi connectivity index (χ0n) is 16.0. The van der Waals surface area contributed by atoms with Crippen LogP contribution in [0.5, 0.6) is 5.75 Å². The number of aryl methyl sites for hydroxylation is 2. The number of esters is 1. The summed E-state index contributed by atoms with van der Waals surface area (Å²) >= 11 is 1.35. The Morgan fingerprint density at radius 2 is 2.00 bits per heavy atom. The molecule has 1 heterocycles. The number of carbonyl (C=O) groups excluding carboxylic acids is 3. The van der Waals surface area contributed by atoms with Crippen LogP contribution in [0.2, 0.25) is 0 Å². The Kier molecular flexibility index (Phi) is 5.69. The smallest absolute Gasteiger partial charge is 0.342 e. The zero-order valence-corrected chi connectivity index (χ0v) is 16.8. The van der Waals surface area contributed by atoms with Crippen LogP contribution in [0.3, 0.4) is 0 Å². The van der Waals surface area contributed by atoms with Gasteiger partial charge in [-0.2, -0.15) is 0 Å². The van der Waals surface area contributed by atoms with Crippen molar-refractivity contribution in [1.82, 2.24) is 0 Å². The molecule has 28 heavy (non-hydrogen) atoms. The summed E-state index contributed by atoms with van der Waals surface area (Å²) in [6.45, 7) is 3.31. The van der Waals surface area contributed by atoms with Crippen LogP contribution in [0.1, 0.15) is 50.1 Å². The van der Waals surface area contributed by atoms with E-state index in [-0.39, 0.29) is 5.56 Å². The van der Waals surface area contributed by atoms with Gasteiger partial charge in [-0.05, 0) is 50.8 Å². The van der Waals surface area contributed by atoms with E-state index in [2.05, 4.69) is 5.32 Å². The van der Waals surface area contributed by atoms with E-state index in [0.29, 0.717) is 16.3 Å². The number of carbonyl (C=O) groups is 3. The van der Waals surface area contributed by atoms with E-state index < -0.39 is 23.9 Å². The Morgan fingerprint density at radius 3 is 2.68 bits per heavy atom. The normalized spacial score (nSPS) is 13.5. The maximum atomic E-state index is 12.5. The summed E-state index contributed by atoms with van der Waals surface area (Å²) in [5, 5.41) is 3.10. The van der Waals surface area contributed by atoms with Gasteiger partial charge in [-0.25, -0.2) is 4.79 Å². The summed E-state index contributed by atoms with van der Waals surface area (Å²) in [4.78, 5) is 37.9. The minimum absolute atomic E-state index is 0.245. The van der Waals surface area contributed by atoms with Crippen LogP contribution >= 0.6 is 11.3 Å². The van der Waals surface area contributed by atoms with Crippen LogP contribution in [0, 0.1) is 6.92 Å². The van der Waals surface area contributed by atoms with Gasteiger partial charge >= 0.3 is 5.97 Å². The molecule has 3 N–H and O–H groups in total. The number of hydrogen-bond acceptors (Lipinski definition) is 6. The fraction of sp³-hybridized carbons (Fsp3) is 0.350. The number of benzene rings is 1. The molecule has 0 fully saturated rings. The van der Waals surface area contributed by atoms with Crippen LogP contribution in [0.15, 0.2) is 18.2 Å². The highest BCUT2D eigenvalue weighted by atomic mass is 32.1. The molecule has 0 saturated heterocycles. The molecule has 1 aromatic heterocycles. The van der Waals surface area contributed by atoms with Gasteiger partial charge in [-0.15, -0.1) is 11.3 Å². The molecule has 148 valence electrons. The van der Waals surface area contributed by atoms with E-state index in [1.807, 2.05) is 13.0 Å². The van der Waals surface area contributed by atoms with E-state index >= 15 is 0 Å². The molecule has 7 nitrogen and oxygen atoms in total. The topological polar surface area (TPSA) is 108 Å². The second-order valence-electron chi connectivity index (χ2n) is 6.67. The fourth-order valence-electron chi connectivity index (χ4n) is 3.23. The Bertz CT molecular complexity index is 950. The molecule has 1 aliphatic carbocycles. The summed E-state index contributed by atoms with van der Waals surface area (Å²) in [7, 11) is 1.46. The summed E-state index contributed by atoms with van der Waals surface area (Å²) in [6.07, 6.45) is 1.56. The summed E-state index contributed by atoms with van der Waals surface area (Å²) < 4.78 is 10.5. The molecule has 0 saturated carbocycles. The molecule has 0 spiro atoms. The van der Waals surface area contributed by atoms with E-state index in [9.17, 15) is 14.4 Å². The molecule has 1 atom stereocenters. The third-order valence-electron chi connectivity index (χ3n) is 4.63. The van der Waals surface area contributed by atoms with Gasteiger partial charge in [0.15, 0.2) is 6.10 Å². The van der Waals surface area contributed by atoms with Crippen LogP contribution < -0.4 is 15.8 Å². The monoisotopic (exact) mass is 402 g/mol. The molecule has 2 amide bonds. The van der Waals surface area contributed by atoms with Gasteiger partial charge in [-0.1, -0.05) is 11.6 Å². The minimum Gasteiger partial charge on any atom is -0.496 e. The molecule has 0 bridgehead atoms. The number of fused-ring (bicyclic) bond motifs is 1. The molecule has 0 unspecified atom stereocenters. The van der Waals surface area contributed by atoms with Crippen molar-refractivity contribution in [2.75, 3.05) is 12.4 Å². The lowest BCUT2D eigenvalue weighted by Gasteiger charge is -2.15. The van der Waals surface area contributed by atoms with Crippen LogP contribution in [0.25, 0.3) is 0 Å². The number of anilines is 1. The second-order valence-corrected chi connectivity index (χ2v) is 7.77. The Morgan fingerprint density at radius 1 is 1.25 bits per heavy atom. The number of thiophene rings is 1. The average molecular weight is 402 g/mol. The van der Waals surface area contributed by atoms with Crippen LogP contribution in [0.4, 0.5) is 5.00 Å². The largest absolute Gasteiger partial charge is 0.496 e. The highest BCUT2D eigenvalue weighted by molar-refractivity contribution is 7.17. The Balaban J connectivity index is 1.73. The fourth-order valence-corrected chi connectivity index (χ4v) is 4.52. The number of rotatable bonds is 6. The van der Waals surface area contributed by atoms with Crippen molar-refractivity contribution in [2.24, 2.45) is 5.73 Å². The standard InChI is InChI=1S/C20H22N2O5S/c1-10-7-8-14(26-3)13(9-10)20(25)27-11(2)18(24)22-19-16(17(21)23)12-5-4-6-15(12)28-19/h7-9,11H,4-6H2,1-3H3,(H2,21,23)(H,22,24)/t11-/m1/s1. The summed E-state index contributed by atoms with van der Waals surface area (Å²) in [5.74, 6) is -1.38. The average Bonchev–Trinajstić information content (AvgIpc) is 3.21. The molecule has 1 aromatic carbocycles. The maximum absolute atomic E-state index is 12.5. The van der Waals surface area contributed by atoms with E-state index in [0.717, 1.165) is 35.3 Å². The van der Waals surface area contributed by atoms with Crippen molar-refractivity contribution >= 4 is 34.1 Å². The molecule has 8 heteroatoms. The number of methoxy groups -OCH3 is 1. The lowest BCUT2D eigenvalue weighted by molar-refractivity contribution is -0.123. The molecule has 0 aliphatic heterocycles. The van der Waals surface area contributed by atoms with Gasteiger partial charge in [0.2, 0.25) is 0 Å². The number of ether oxygens (including phenoxy) is 2. The minimum atomic E-state index is -1.06. The molecule has 0 radical (unpaired) electrons. The predicted molar refractivity (Wildman–Crippen MR) is 106 cm³/mol. The van der Waals surface area contributed by atoms with Crippen molar-refractivity contribution in [3.05, 3.63) is 45.3 Å². The SMILES string of the molecule is COc1ccc(C)cc1C(=O)O[C@H](C)C(=O)Nc1sc2c(c1C(N)=O)CCC2. The lowest BCUT2D eigenvalue weighted by Crippen LogP contribution is -2.30. The number of amides is 2. The second kappa shape index (κ2) is 8.02. The maximum Gasteiger partial charge on any atom is 0.342 e. The van der Waals surface area contributed by atoms with Crippen molar-refractivity contribution in [2.45, 2.75) is 39.2 Å². The quantitative estimate of drug-likeness (QED) is 0.723. The number of nitrogens with one attached hydrogen (secondary N) is 1. The van der Waals surface area contributed by atoms with Gasteiger partial charge in [0, 0.05) is 4.88 Å². The van der Waals surface area contributed by atoms with Gasteiger partial charge in [-0.3, -0.25) is 9.59 Å². The molecule has 1 aliphatic rings. The highest BCUT2D eigenvalue weighted by Crippen LogP contribution is 2.38. The van der Waals surface area contributed by atoms with Crippen molar-refractivity contribution in [3.63, 3.8) is 0 Å². The van der Waals surface area contributed by atoms with Crippen molar-refractivity contribution < 1.29 is 23.9 Å². The van der Waals surface area contributed by atoms with Crippen molar-refractivity contribution in [3.8, 4) is 5.75 Å². The first-order chi connectivity index (χ1) is 13.3. The van der Waals surface area contributed by atoms with Gasteiger partial charge in [0.25, 0.3) is 11.8 Å². The van der Waals surface area contributed by atoms with E-state index in [4.69, 9.17) is 15.2 Å². The first-order valence-electron chi connectivity index (χ1n) is 8.92. The molecular formula is C20H22N2O5S. The third-order valence-corrected chi connectivity index (χ3v) is 5.84. The zero-order chi connectivity index (χ0) is 20.4. The van der Waals surface area contributed by atoms with Gasteiger partial charge in [0.1, 0.15) is 16.3 Å². The molecular weight excluding hydrogens is 380 g/mol. The first kappa shape index (κ1) is 19.9. The predicted octanol–water partition coefficient (Wildman–Crippen LogP) is 2.84. The Labute approximate surface area is 166 Å². The Hall–Kier alpha value is -2.87. The number of primary amides is 1. The van der Waals surface area contributed by atoms with E-state index in [1.54, 1.807) is 12.1 Å². The van der Waals surface area contributed by atoms with Crippen LogP contribution in [-0.4, -0.2) is 31.0 Å². The summed E-state index contributed by atoms with van der Waals surface area (Å²) in [6, 6.07) is 5.12. The van der Waals surface area contributed by atoms with Crippen LogP contribution in [-0.2, 0) is 22.4 Å². The van der Waals surface area contributed by atoms with Gasteiger partial charge < -0.3 is 20.5 Å². The first-order valence-corrected chi connectivity index (χ1v) is 9.74. The summed E-state index contributed by atoms with van der Waals surface area (Å²) in [5.41, 5.74) is 7.90. The van der Waals surface area contributed by atoms with Crippen molar-refractivity contribution in [1.29, 1.82) is 0 Å². The third kappa shape index (κ3) is 3.87. The van der Waals surface area contributed by atoms with E-state index in [1.165, 1.54) is 25.4 Å². The number of hydrogen-bond donors (Lipinski definition) is 2. The lowest BCUT2D eigenvalue weighted by atomic mass is 10.1. The van der Waals surface area contributed by atoms with Gasteiger partial charge in [0.05, 0.1) is 12.7 Å². The molecule has 3 rings (SSSR count). The highest BCUT2D eigenvalue weighted by Gasteiger charge is 2.28. The molecule has 2 aromatic rings. The number of nitrogens with two attached hydrogens (primary N) is 1.